The number of aromatic nitrogens is 3. The second-order valence-electron chi connectivity index (χ2n) is 6.54. The van der Waals surface area contributed by atoms with Gasteiger partial charge in [0.2, 0.25) is 5.91 Å². The van der Waals surface area contributed by atoms with E-state index >= 15 is 0 Å². The summed E-state index contributed by atoms with van der Waals surface area (Å²) in [5, 5.41) is 12.7. The Bertz CT molecular complexity index is 989. The first-order valence-corrected chi connectivity index (χ1v) is 10.6. The lowest BCUT2D eigenvalue weighted by Crippen LogP contribution is -2.15. The molecule has 0 atom stereocenters. The van der Waals surface area contributed by atoms with Crippen molar-refractivity contribution in [3.63, 3.8) is 0 Å². The number of nitrogens with one attached hydrogen (secondary N) is 1. The predicted molar refractivity (Wildman–Crippen MR) is 117 cm³/mol. The molecule has 0 saturated carbocycles. The quantitative estimate of drug-likeness (QED) is 0.516. The average molecular weight is 431 g/mol. The number of aryl methyl sites for hydroxylation is 2. The first-order valence-electron chi connectivity index (χ1n) is 9.26. The lowest BCUT2D eigenvalue weighted by atomic mass is 10.2. The topological polar surface area (TPSA) is 69.0 Å². The fourth-order valence-electron chi connectivity index (χ4n) is 2.72. The van der Waals surface area contributed by atoms with E-state index in [4.69, 9.17) is 16.3 Å². The third kappa shape index (κ3) is 5.74. The summed E-state index contributed by atoms with van der Waals surface area (Å²) in [6, 6.07) is 13.2. The number of hydrogen-bond donors (Lipinski definition) is 1. The second-order valence-corrected chi connectivity index (χ2v) is 7.92. The van der Waals surface area contributed by atoms with E-state index in [-0.39, 0.29) is 11.7 Å². The van der Waals surface area contributed by atoms with Crippen molar-refractivity contribution in [3.05, 3.63) is 64.4 Å². The maximum Gasteiger partial charge on any atom is 0.234 e. The molecule has 8 heteroatoms. The molecule has 152 valence electrons. The number of benzene rings is 2. The van der Waals surface area contributed by atoms with Crippen molar-refractivity contribution in [1.82, 2.24) is 14.8 Å². The van der Waals surface area contributed by atoms with E-state index in [1.165, 1.54) is 17.3 Å². The molecule has 0 spiro atoms. The van der Waals surface area contributed by atoms with Crippen molar-refractivity contribution in [2.24, 2.45) is 0 Å². The third-order valence-electron chi connectivity index (χ3n) is 4.29. The second kappa shape index (κ2) is 9.80. The zero-order valence-corrected chi connectivity index (χ0v) is 18.2. The number of hydrogen-bond acceptors (Lipinski definition) is 5. The summed E-state index contributed by atoms with van der Waals surface area (Å²) in [5.41, 5.74) is 2.85. The third-order valence-corrected chi connectivity index (χ3v) is 5.50. The van der Waals surface area contributed by atoms with Crippen molar-refractivity contribution in [3.8, 4) is 5.75 Å². The number of thioether (sulfide) groups is 1. The zero-order valence-electron chi connectivity index (χ0n) is 16.6. The molecule has 1 N–H and O–H groups in total. The number of ether oxygens (including phenoxy) is 1. The molecule has 0 aliphatic carbocycles. The summed E-state index contributed by atoms with van der Waals surface area (Å²) < 4.78 is 7.77. The van der Waals surface area contributed by atoms with E-state index in [2.05, 4.69) is 15.5 Å². The van der Waals surface area contributed by atoms with E-state index in [0.29, 0.717) is 23.3 Å². The van der Waals surface area contributed by atoms with Gasteiger partial charge in [0, 0.05) is 17.3 Å². The van der Waals surface area contributed by atoms with E-state index in [0.717, 1.165) is 22.8 Å². The highest BCUT2D eigenvalue weighted by Crippen LogP contribution is 2.22. The van der Waals surface area contributed by atoms with Crippen LogP contribution in [0, 0.1) is 13.8 Å². The number of rotatable bonds is 8. The molecule has 6 nitrogen and oxygen atoms in total. The van der Waals surface area contributed by atoms with E-state index in [9.17, 15) is 4.79 Å². The Balaban J connectivity index is 1.58. The number of amides is 1. The Hall–Kier alpha value is -2.51. The van der Waals surface area contributed by atoms with Gasteiger partial charge < -0.3 is 14.6 Å². The molecule has 3 aromatic rings. The van der Waals surface area contributed by atoms with Gasteiger partial charge in [-0.1, -0.05) is 41.1 Å². The predicted octanol–water partition coefficient (Wildman–Crippen LogP) is 4.88. The normalized spacial score (nSPS) is 10.8. The molecule has 3 rings (SSSR count). The van der Waals surface area contributed by atoms with Crippen molar-refractivity contribution >= 4 is 35.0 Å². The summed E-state index contributed by atoms with van der Waals surface area (Å²) in [4.78, 5) is 12.3. The Kier molecular flexibility index (Phi) is 7.17. The number of halogens is 1. The fraction of sp³-hybridized carbons (Fsp3) is 0.286. The molecule has 0 fully saturated rings. The first kappa shape index (κ1) is 21.2. The standard InChI is InChI=1S/C21H23ClN4O2S/c1-4-26-19(12-28-17-8-5-14(2)6-9-17)24-25-21(26)29-13-20(27)23-18-10-7-16(22)11-15(18)3/h5-11H,4,12-13H2,1-3H3,(H,23,27). The molecule has 1 heterocycles. The van der Waals surface area contributed by atoms with Gasteiger partial charge in [0.05, 0.1) is 5.75 Å². The number of anilines is 1. The van der Waals surface area contributed by atoms with Gasteiger partial charge in [-0.15, -0.1) is 10.2 Å². The molecule has 0 radical (unpaired) electrons. The highest BCUT2D eigenvalue weighted by atomic mass is 35.5. The SMILES string of the molecule is CCn1c(COc2ccc(C)cc2)nnc1SCC(=O)Nc1ccc(Cl)cc1C. The number of carbonyl (C=O) groups excluding carboxylic acids is 1. The minimum absolute atomic E-state index is 0.108. The van der Waals surface area contributed by atoms with Crippen molar-refractivity contribution in [2.45, 2.75) is 39.1 Å². The van der Waals surface area contributed by atoms with Gasteiger partial charge in [0.15, 0.2) is 11.0 Å². The van der Waals surface area contributed by atoms with E-state index < -0.39 is 0 Å². The Morgan fingerprint density at radius 2 is 1.93 bits per heavy atom. The van der Waals surface area contributed by atoms with Crippen LogP contribution in [0.25, 0.3) is 0 Å². The molecule has 29 heavy (non-hydrogen) atoms. The molecule has 0 aliphatic heterocycles. The fourth-order valence-corrected chi connectivity index (χ4v) is 3.76. The van der Waals surface area contributed by atoms with Gasteiger partial charge in [-0.3, -0.25) is 4.79 Å². The summed E-state index contributed by atoms with van der Waals surface area (Å²) >= 11 is 7.31. The summed E-state index contributed by atoms with van der Waals surface area (Å²) in [6.07, 6.45) is 0. The minimum Gasteiger partial charge on any atom is -0.486 e. The van der Waals surface area contributed by atoms with Crippen LogP contribution >= 0.6 is 23.4 Å². The van der Waals surface area contributed by atoms with Gasteiger partial charge in [0.25, 0.3) is 0 Å². The van der Waals surface area contributed by atoms with Crippen LogP contribution in [0.2, 0.25) is 5.02 Å². The molecule has 1 aromatic heterocycles. The Morgan fingerprint density at radius 1 is 1.17 bits per heavy atom. The van der Waals surface area contributed by atoms with Crippen molar-refractivity contribution in [2.75, 3.05) is 11.1 Å². The highest BCUT2D eigenvalue weighted by Gasteiger charge is 2.14. The smallest absolute Gasteiger partial charge is 0.234 e. The largest absolute Gasteiger partial charge is 0.486 e. The highest BCUT2D eigenvalue weighted by molar-refractivity contribution is 7.99. The lowest BCUT2D eigenvalue weighted by molar-refractivity contribution is -0.113. The molecule has 1 amide bonds. The van der Waals surface area contributed by atoms with E-state index in [1.54, 1.807) is 12.1 Å². The molecule has 0 saturated heterocycles. The van der Waals surface area contributed by atoms with Crippen LogP contribution in [0.15, 0.2) is 47.6 Å². The summed E-state index contributed by atoms with van der Waals surface area (Å²) in [6.45, 7) is 6.97. The Labute approximate surface area is 179 Å². The van der Waals surface area contributed by atoms with E-state index in [1.807, 2.05) is 55.7 Å². The maximum absolute atomic E-state index is 12.3. The van der Waals surface area contributed by atoms with Gasteiger partial charge in [-0.25, -0.2) is 0 Å². The summed E-state index contributed by atoms with van der Waals surface area (Å²) in [5.74, 6) is 1.64. The molecule has 0 aliphatic rings. The molecular formula is C21H23ClN4O2S. The lowest BCUT2D eigenvalue weighted by Gasteiger charge is -2.10. The van der Waals surface area contributed by atoms with Crippen LogP contribution in [-0.4, -0.2) is 26.4 Å². The first-order chi connectivity index (χ1) is 14.0. The van der Waals surface area contributed by atoms with Crippen LogP contribution in [0.5, 0.6) is 5.75 Å². The zero-order chi connectivity index (χ0) is 20.8. The minimum atomic E-state index is -0.108. The number of carbonyl (C=O) groups is 1. The summed E-state index contributed by atoms with van der Waals surface area (Å²) in [7, 11) is 0. The van der Waals surface area contributed by atoms with Gasteiger partial charge in [-0.2, -0.15) is 0 Å². The van der Waals surface area contributed by atoms with Crippen LogP contribution in [-0.2, 0) is 17.9 Å². The van der Waals surface area contributed by atoms with Crippen LogP contribution < -0.4 is 10.1 Å². The van der Waals surface area contributed by atoms with Gasteiger partial charge in [-0.05, 0) is 56.7 Å². The Morgan fingerprint density at radius 3 is 2.62 bits per heavy atom. The molecule has 0 bridgehead atoms. The molecular weight excluding hydrogens is 408 g/mol. The van der Waals surface area contributed by atoms with Crippen LogP contribution in [0.3, 0.4) is 0 Å². The van der Waals surface area contributed by atoms with Crippen LogP contribution in [0.4, 0.5) is 5.69 Å². The number of nitrogens with zero attached hydrogens (tertiary/aromatic N) is 3. The molecule has 2 aromatic carbocycles. The van der Waals surface area contributed by atoms with Crippen molar-refractivity contribution < 1.29 is 9.53 Å². The van der Waals surface area contributed by atoms with Crippen molar-refractivity contribution in [1.29, 1.82) is 0 Å². The van der Waals surface area contributed by atoms with Gasteiger partial charge in [0.1, 0.15) is 12.4 Å². The monoisotopic (exact) mass is 430 g/mol. The molecule has 0 unspecified atom stereocenters. The van der Waals surface area contributed by atoms with Gasteiger partial charge >= 0.3 is 0 Å². The average Bonchev–Trinajstić information content (AvgIpc) is 3.10. The maximum atomic E-state index is 12.3. The van der Waals surface area contributed by atoms with Crippen LogP contribution in [0.1, 0.15) is 23.9 Å².